The molecule has 0 aliphatic carbocycles. The minimum Gasteiger partial charge on any atom is -0.307 e. The molecule has 2 heterocycles. The Morgan fingerprint density at radius 2 is 1.79 bits per heavy atom. The van der Waals surface area contributed by atoms with Gasteiger partial charge in [-0.25, -0.2) is 4.98 Å². The molecular formula is C20H19N3S. The van der Waals surface area contributed by atoms with E-state index >= 15 is 0 Å². The quantitative estimate of drug-likeness (QED) is 0.574. The molecular weight excluding hydrogens is 314 g/mol. The molecule has 0 amide bonds. The van der Waals surface area contributed by atoms with Gasteiger partial charge in [-0.05, 0) is 36.8 Å². The van der Waals surface area contributed by atoms with Gasteiger partial charge in [0.1, 0.15) is 0 Å². The molecule has 0 fully saturated rings. The Balaban J connectivity index is 1.49. The predicted molar refractivity (Wildman–Crippen MR) is 101 cm³/mol. The third-order valence-corrected chi connectivity index (χ3v) is 5.11. The molecule has 0 spiro atoms. The summed E-state index contributed by atoms with van der Waals surface area (Å²) in [5.74, 6) is 0. The van der Waals surface area contributed by atoms with Gasteiger partial charge in [-0.1, -0.05) is 53.3 Å². The smallest absolute Gasteiger partial charge is 0.194 e. The summed E-state index contributed by atoms with van der Waals surface area (Å²) in [6, 6.07) is 21.2. The van der Waals surface area contributed by atoms with Crippen molar-refractivity contribution < 1.29 is 0 Å². The number of aromatic nitrogens is 2. The van der Waals surface area contributed by atoms with Crippen LogP contribution in [0.1, 0.15) is 16.8 Å². The number of aryl methyl sites for hydroxylation is 1. The van der Waals surface area contributed by atoms with E-state index in [2.05, 4.69) is 77.6 Å². The Hall–Kier alpha value is -2.43. The number of fused-ring (bicyclic) bond motifs is 1. The highest BCUT2D eigenvalue weighted by Crippen LogP contribution is 2.25. The maximum Gasteiger partial charge on any atom is 0.194 e. The van der Waals surface area contributed by atoms with Crippen molar-refractivity contribution in [3.63, 3.8) is 0 Å². The Morgan fingerprint density at radius 1 is 0.958 bits per heavy atom. The van der Waals surface area contributed by atoms with E-state index in [9.17, 15) is 0 Å². The lowest BCUT2D eigenvalue weighted by atomic mass is 10.1. The largest absolute Gasteiger partial charge is 0.307 e. The van der Waals surface area contributed by atoms with Crippen molar-refractivity contribution in [3.05, 3.63) is 83.7 Å². The number of hydrogen-bond donors (Lipinski definition) is 1. The predicted octanol–water partition coefficient (Wildman–Crippen LogP) is 4.69. The van der Waals surface area contributed by atoms with Crippen LogP contribution in [0.4, 0.5) is 0 Å². The molecule has 2 aromatic carbocycles. The zero-order valence-corrected chi connectivity index (χ0v) is 14.4. The molecule has 0 saturated carbocycles. The van der Waals surface area contributed by atoms with Gasteiger partial charge in [-0.3, -0.25) is 4.57 Å². The fourth-order valence-corrected chi connectivity index (χ4v) is 3.73. The first-order chi connectivity index (χ1) is 11.8. The molecule has 0 aliphatic rings. The van der Waals surface area contributed by atoms with Crippen molar-refractivity contribution in [2.75, 3.05) is 0 Å². The zero-order chi connectivity index (χ0) is 16.4. The Labute approximate surface area is 145 Å². The normalized spacial score (nSPS) is 11.2. The number of nitrogens with one attached hydrogen (secondary N) is 1. The van der Waals surface area contributed by atoms with Gasteiger partial charge < -0.3 is 5.32 Å². The average molecular weight is 333 g/mol. The van der Waals surface area contributed by atoms with Crippen LogP contribution in [0.5, 0.6) is 0 Å². The summed E-state index contributed by atoms with van der Waals surface area (Å²) in [5.41, 5.74) is 4.88. The first-order valence-electron chi connectivity index (χ1n) is 8.08. The number of hydrogen-bond acceptors (Lipinski definition) is 3. The third-order valence-electron chi connectivity index (χ3n) is 4.08. The summed E-state index contributed by atoms with van der Waals surface area (Å²) in [7, 11) is 0. The maximum atomic E-state index is 4.75. The number of rotatable bonds is 5. The topological polar surface area (TPSA) is 29.9 Å². The van der Waals surface area contributed by atoms with E-state index < -0.39 is 0 Å². The minimum absolute atomic E-state index is 0.816. The monoisotopic (exact) mass is 333 g/mol. The lowest BCUT2D eigenvalue weighted by molar-refractivity contribution is 0.669. The highest BCUT2D eigenvalue weighted by atomic mass is 32.1. The molecule has 0 bridgehead atoms. The fraction of sp³-hybridized carbons (Fsp3) is 0.150. The highest BCUT2D eigenvalue weighted by molar-refractivity contribution is 7.20. The summed E-state index contributed by atoms with van der Waals surface area (Å²) >= 11 is 1.72. The molecule has 2 aromatic heterocycles. The van der Waals surface area contributed by atoms with Gasteiger partial charge in [0.2, 0.25) is 0 Å². The van der Waals surface area contributed by atoms with E-state index in [1.54, 1.807) is 11.3 Å². The van der Waals surface area contributed by atoms with Crippen molar-refractivity contribution in [2.24, 2.45) is 0 Å². The van der Waals surface area contributed by atoms with Crippen LogP contribution in [0.25, 0.3) is 15.3 Å². The number of thiazole rings is 1. The van der Waals surface area contributed by atoms with Gasteiger partial charge in [0.15, 0.2) is 5.13 Å². The van der Waals surface area contributed by atoms with E-state index in [4.69, 9.17) is 4.98 Å². The van der Waals surface area contributed by atoms with Gasteiger partial charge in [0.05, 0.1) is 10.2 Å². The van der Waals surface area contributed by atoms with Crippen LogP contribution in [0.3, 0.4) is 0 Å². The zero-order valence-electron chi connectivity index (χ0n) is 13.6. The van der Waals surface area contributed by atoms with Crippen molar-refractivity contribution in [3.8, 4) is 5.13 Å². The second kappa shape index (κ2) is 6.59. The van der Waals surface area contributed by atoms with E-state index in [0.29, 0.717) is 0 Å². The number of para-hydroxylation sites is 1. The van der Waals surface area contributed by atoms with E-state index in [-0.39, 0.29) is 0 Å². The first-order valence-corrected chi connectivity index (χ1v) is 8.90. The van der Waals surface area contributed by atoms with Crippen LogP contribution in [-0.2, 0) is 13.1 Å². The van der Waals surface area contributed by atoms with Crippen molar-refractivity contribution >= 4 is 21.6 Å². The third kappa shape index (κ3) is 3.11. The van der Waals surface area contributed by atoms with Crippen LogP contribution >= 0.6 is 11.3 Å². The van der Waals surface area contributed by atoms with Crippen LogP contribution in [0.15, 0.2) is 66.9 Å². The molecule has 0 atom stereocenters. The standard InChI is InChI=1S/C20H19N3S/c1-15-8-10-16(11-9-15)13-21-14-17-5-4-12-23(17)20-22-18-6-2-3-7-19(18)24-20/h2-12,21H,13-14H2,1H3. The second-order valence-corrected chi connectivity index (χ2v) is 6.93. The summed E-state index contributed by atoms with van der Waals surface area (Å²) in [5, 5.41) is 4.55. The molecule has 4 heteroatoms. The molecule has 0 radical (unpaired) electrons. The lowest BCUT2D eigenvalue weighted by Crippen LogP contribution is -2.15. The highest BCUT2D eigenvalue weighted by Gasteiger charge is 2.08. The van der Waals surface area contributed by atoms with Crippen LogP contribution < -0.4 is 5.32 Å². The molecule has 0 saturated heterocycles. The van der Waals surface area contributed by atoms with E-state index in [1.165, 1.54) is 21.5 Å². The van der Waals surface area contributed by atoms with E-state index in [0.717, 1.165) is 23.7 Å². The van der Waals surface area contributed by atoms with Gasteiger partial charge >= 0.3 is 0 Å². The number of nitrogens with zero attached hydrogens (tertiary/aromatic N) is 2. The molecule has 1 N–H and O–H groups in total. The van der Waals surface area contributed by atoms with Crippen LogP contribution in [0.2, 0.25) is 0 Å². The second-order valence-electron chi connectivity index (χ2n) is 5.92. The summed E-state index contributed by atoms with van der Waals surface area (Å²) in [4.78, 5) is 4.75. The van der Waals surface area contributed by atoms with Gasteiger partial charge in [-0.2, -0.15) is 0 Å². The molecule has 24 heavy (non-hydrogen) atoms. The van der Waals surface area contributed by atoms with Crippen molar-refractivity contribution in [2.45, 2.75) is 20.0 Å². The van der Waals surface area contributed by atoms with Crippen molar-refractivity contribution in [1.82, 2.24) is 14.9 Å². The number of benzene rings is 2. The molecule has 0 aliphatic heterocycles. The maximum absolute atomic E-state index is 4.75. The van der Waals surface area contributed by atoms with Gasteiger partial charge in [-0.15, -0.1) is 0 Å². The summed E-state index contributed by atoms with van der Waals surface area (Å²) in [6.45, 7) is 3.80. The summed E-state index contributed by atoms with van der Waals surface area (Å²) < 4.78 is 3.40. The van der Waals surface area contributed by atoms with Gasteiger partial charge in [0.25, 0.3) is 0 Å². The Morgan fingerprint density at radius 3 is 2.62 bits per heavy atom. The molecule has 4 rings (SSSR count). The average Bonchev–Trinajstić information content (AvgIpc) is 3.22. The fourth-order valence-electron chi connectivity index (χ4n) is 2.75. The Bertz CT molecular complexity index is 917. The summed E-state index contributed by atoms with van der Waals surface area (Å²) in [6.07, 6.45) is 2.08. The molecule has 120 valence electrons. The lowest BCUT2D eigenvalue weighted by Gasteiger charge is -2.08. The van der Waals surface area contributed by atoms with Crippen LogP contribution in [-0.4, -0.2) is 9.55 Å². The molecule has 0 unspecified atom stereocenters. The Kier molecular flexibility index (Phi) is 4.15. The van der Waals surface area contributed by atoms with Gasteiger partial charge in [0, 0.05) is 25.0 Å². The molecule has 4 aromatic rings. The first kappa shape index (κ1) is 15.1. The van der Waals surface area contributed by atoms with Crippen LogP contribution in [0, 0.1) is 6.92 Å². The minimum atomic E-state index is 0.816. The molecule has 3 nitrogen and oxygen atoms in total. The van der Waals surface area contributed by atoms with Crippen molar-refractivity contribution in [1.29, 1.82) is 0 Å². The van der Waals surface area contributed by atoms with E-state index in [1.807, 2.05) is 6.07 Å². The SMILES string of the molecule is Cc1ccc(CNCc2cccn2-c2nc3ccccc3s2)cc1.